The fraction of sp³-hybridized carbons (Fsp3) is 0.167. The number of urea groups is 1. The van der Waals surface area contributed by atoms with Crippen molar-refractivity contribution in [2.45, 2.75) is 24.8 Å². The van der Waals surface area contributed by atoms with Gasteiger partial charge in [0.25, 0.3) is 11.8 Å². The van der Waals surface area contributed by atoms with E-state index in [0.717, 1.165) is 0 Å². The van der Waals surface area contributed by atoms with Gasteiger partial charge in [-0.25, -0.2) is 18.4 Å². The van der Waals surface area contributed by atoms with Crippen molar-refractivity contribution in [1.82, 2.24) is 4.90 Å². The van der Waals surface area contributed by atoms with Gasteiger partial charge in [-0.3, -0.25) is 14.5 Å². The Bertz CT molecular complexity index is 1080. The molecule has 4 N–H and O–H groups in total. The number of nitrogens with zero attached hydrogens (tertiary/aromatic N) is 1. The zero-order valence-corrected chi connectivity index (χ0v) is 15.9. The van der Waals surface area contributed by atoms with E-state index in [9.17, 15) is 22.8 Å². The second kappa shape index (κ2) is 7.06. The summed E-state index contributed by atoms with van der Waals surface area (Å²) in [6, 6.07) is 8.92. The SMILES string of the molecule is CC(C)N1C(=O)c2ccc(NC(=O)Nc3ccc(S(N)(=O)=O)cc3)cc2C1=O. The molecule has 1 aliphatic rings. The van der Waals surface area contributed by atoms with Crippen LogP contribution in [0.15, 0.2) is 47.4 Å². The Balaban J connectivity index is 1.73. The van der Waals surface area contributed by atoms with Crippen LogP contribution in [-0.4, -0.2) is 37.2 Å². The molecule has 2 aromatic rings. The molecule has 0 spiro atoms. The molecule has 4 amide bonds. The maximum atomic E-state index is 12.4. The van der Waals surface area contributed by atoms with Crippen LogP contribution in [0.2, 0.25) is 0 Å². The first-order chi connectivity index (χ1) is 13.1. The van der Waals surface area contributed by atoms with Gasteiger partial charge in [0, 0.05) is 17.4 Å². The molecule has 1 heterocycles. The average Bonchev–Trinajstić information content (AvgIpc) is 2.85. The van der Waals surface area contributed by atoms with Crippen LogP contribution in [0.3, 0.4) is 0 Å². The predicted octanol–water partition coefficient (Wildman–Crippen LogP) is 1.98. The highest BCUT2D eigenvalue weighted by molar-refractivity contribution is 7.89. The Morgan fingerprint density at radius 1 is 0.929 bits per heavy atom. The maximum absolute atomic E-state index is 12.4. The normalized spacial score (nSPS) is 13.6. The number of benzene rings is 2. The zero-order valence-electron chi connectivity index (χ0n) is 15.1. The number of carbonyl (C=O) groups excluding carboxylic acids is 3. The van der Waals surface area contributed by atoms with Gasteiger partial charge in [0.1, 0.15) is 0 Å². The Morgan fingerprint density at radius 2 is 1.46 bits per heavy atom. The van der Waals surface area contributed by atoms with Crippen molar-refractivity contribution in [1.29, 1.82) is 0 Å². The first kappa shape index (κ1) is 19.5. The minimum absolute atomic E-state index is 0.0741. The number of carbonyl (C=O) groups is 3. The van der Waals surface area contributed by atoms with Crippen molar-refractivity contribution in [2.24, 2.45) is 5.14 Å². The van der Waals surface area contributed by atoms with Crippen molar-refractivity contribution >= 4 is 39.2 Å². The second-order valence-corrected chi connectivity index (χ2v) is 8.04. The van der Waals surface area contributed by atoms with Gasteiger partial charge in [0.2, 0.25) is 10.0 Å². The molecular formula is C18H18N4O5S. The number of nitrogens with two attached hydrogens (primary N) is 1. The van der Waals surface area contributed by atoms with Crippen molar-refractivity contribution < 1.29 is 22.8 Å². The third kappa shape index (κ3) is 3.73. The summed E-state index contributed by atoms with van der Waals surface area (Å²) in [5.41, 5.74) is 1.21. The van der Waals surface area contributed by atoms with E-state index in [-0.39, 0.29) is 22.4 Å². The van der Waals surface area contributed by atoms with Crippen molar-refractivity contribution in [3.05, 3.63) is 53.6 Å². The lowest BCUT2D eigenvalue weighted by molar-refractivity contribution is 0.0609. The molecule has 1 aliphatic heterocycles. The lowest BCUT2D eigenvalue weighted by Gasteiger charge is -2.17. The Labute approximate surface area is 161 Å². The molecule has 2 aromatic carbocycles. The first-order valence-corrected chi connectivity index (χ1v) is 9.85. The van der Waals surface area contributed by atoms with Crippen LogP contribution in [0.4, 0.5) is 16.2 Å². The van der Waals surface area contributed by atoms with E-state index in [1.54, 1.807) is 13.8 Å². The van der Waals surface area contributed by atoms with Crippen LogP contribution in [0.1, 0.15) is 34.6 Å². The van der Waals surface area contributed by atoms with Gasteiger partial charge in [-0.1, -0.05) is 0 Å². The van der Waals surface area contributed by atoms with Crippen LogP contribution >= 0.6 is 0 Å². The number of primary sulfonamides is 1. The quantitative estimate of drug-likeness (QED) is 0.671. The van der Waals surface area contributed by atoms with E-state index in [1.807, 2.05) is 0 Å². The summed E-state index contributed by atoms with van der Waals surface area (Å²) in [5, 5.41) is 10.1. The second-order valence-electron chi connectivity index (χ2n) is 6.48. The Hall–Kier alpha value is -3.24. The minimum Gasteiger partial charge on any atom is -0.308 e. The van der Waals surface area contributed by atoms with E-state index >= 15 is 0 Å². The van der Waals surface area contributed by atoms with E-state index in [1.165, 1.54) is 47.4 Å². The smallest absolute Gasteiger partial charge is 0.308 e. The van der Waals surface area contributed by atoms with E-state index in [2.05, 4.69) is 10.6 Å². The lowest BCUT2D eigenvalue weighted by atomic mass is 10.1. The van der Waals surface area contributed by atoms with Crippen LogP contribution in [0.25, 0.3) is 0 Å². The van der Waals surface area contributed by atoms with Gasteiger partial charge in [0.15, 0.2) is 0 Å². The van der Waals surface area contributed by atoms with Crippen molar-refractivity contribution in [3.8, 4) is 0 Å². The molecule has 9 nitrogen and oxygen atoms in total. The van der Waals surface area contributed by atoms with Gasteiger partial charge in [-0.2, -0.15) is 0 Å². The van der Waals surface area contributed by atoms with Crippen LogP contribution in [0, 0.1) is 0 Å². The standard InChI is InChI=1S/C18H18N4O5S/c1-10(2)22-16(23)14-8-5-12(9-15(14)17(22)24)21-18(25)20-11-3-6-13(7-4-11)28(19,26)27/h3-10H,1-2H3,(H2,19,26,27)(H2,20,21,25). The number of imide groups is 1. The molecule has 146 valence electrons. The first-order valence-electron chi connectivity index (χ1n) is 8.31. The molecular weight excluding hydrogens is 384 g/mol. The van der Waals surface area contributed by atoms with Gasteiger partial charge in [-0.15, -0.1) is 0 Å². The Kier molecular flexibility index (Phi) is 4.92. The number of anilines is 2. The number of nitrogens with one attached hydrogen (secondary N) is 2. The average molecular weight is 402 g/mol. The molecule has 0 fully saturated rings. The fourth-order valence-corrected chi connectivity index (χ4v) is 3.34. The zero-order chi connectivity index (χ0) is 20.6. The summed E-state index contributed by atoms with van der Waals surface area (Å²) in [4.78, 5) is 37.9. The maximum Gasteiger partial charge on any atom is 0.323 e. The summed E-state index contributed by atoms with van der Waals surface area (Å²) in [6.07, 6.45) is 0. The van der Waals surface area contributed by atoms with E-state index in [4.69, 9.17) is 5.14 Å². The number of rotatable bonds is 4. The highest BCUT2D eigenvalue weighted by atomic mass is 32.2. The summed E-state index contributed by atoms with van der Waals surface area (Å²) < 4.78 is 22.5. The fourth-order valence-electron chi connectivity index (χ4n) is 2.83. The largest absolute Gasteiger partial charge is 0.323 e. The molecule has 0 saturated carbocycles. The lowest BCUT2D eigenvalue weighted by Crippen LogP contribution is -2.35. The summed E-state index contributed by atoms with van der Waals surface area (Å²) in [6.45, 7) is 3.49. The summed E-state index contributed by atoms with van der Waals surface area (Å²) in [7, 11) is -3.81. The number of fused-ring (bicyclic) bond motifs is 1. The predicted molar refractivity (Wildman–Crippen MR) is 103 cm³/mol. The summed E-state index contributed by atoms with van der Waals surface area (Å²) >= 11 is 0. The van der Waals surface area contributed by atoms with E-state index < -0.39 is 22.0 Å². The van der Waals surface area contributed by atoms with Crippen molar-refractivity contribution in [2.75, 3.05) is 10.6 Å². The number of amides is 4. The molecule has 0 atom stereocenters. The van der Waals surface area contributed by atoms with Gasteiger partial charge >= 0.3 is 6.03 Å². The molecule has 0 aromatic heterocycles. The third-order valence-corrected chi connectivity index (χ3v) is 5.06. The molecule has 0 saturated heterocycles. The van der Waals surface area contributed by atoms with E-state index in [0.29, 0.717) is 16.9 Å². The molecule has 10 heteroatoms. The highest BCUT2D eigenvalue weighted by Crippen LogP contribution is 2.27. The number of hydrogen-bond acceptors (Lipinski definition) is 5. The molecule has 0 aliphatic carbocycles. The molecule has 0 unspecified atom stereocenters. The van der Waals surface area contributed by atoms with Crippen LogP contribution in [0.5, 0.6) is 0 Å². The molecule has 0 bridgehead atoms. The topological polar surface area (TPSA) is 139 Å². The van der Waals surface area contributed by atoms with Gasteiger partial charge < -0.3 is 10.6 Å². The minimum atomic E-state index is -3.81. The molecule has 28 heavy (non-hydrogen) atoms. The monoisotopic (exact) mass is 402 g/mol. The molecule has 3 rings (SSSR count). The number of hydrogen-bond donors (Lipinski definition) is 3. The highest BCUT2D eigenvalue weighted by Gasteiger charge is 2.37. The molecule has 0 radical (unpaired) electrons. The van der Waals surface area contributed by atoms with Crippen LogP contribution < -0.4 is 15.8 Å². The Morgan fingerprint density at radius 3 is 2.04 bits per heavy atom. The third-order valence-electron chi connectivity index (χ3n) is 4.13. The van der Waals surface area contributed by atoms with Gasteiger partial charge in [0.05, 0.1) is 16.0 Å². The van der Waals surface area contributed by atoms with Gasteiger partial charge in [-0.05, 0) is 56.3 Å². The van der Waals surface area contributed by atoms with Crippen molar-refractivity contribution in [3.63, 3.8) is 0 Å². The number of sulfonamides is 1. The summed E-state index contributed by atoms with van der Waals surface area (Å²) in [5.74, 6) is -0.765. The van der Waals surface area contributed by atoms with Crippen LogP contribution in [-0.2, 0) is 10.0 Å².